The van der Waals surface area contributed by atoms with Crippen LogP contribution >= 0.6 is 76.9 Å². The number of alkyl halides is 6. The molecule has 10 nitrogen and oxygen atoms in total. The van der Waals surface area contributed by atoms with Crippen LogP contribution in [0.3, 0.4) is 0 Å². The maximum absolute atomic E-state index is 13.5. The first-order valence-corrected chi connectivity index (χ1v) is 21.7. The van der Waals surface area contributed by atoms with Gasteiger partial charge >= 0.3 is 250 Å². The summed E-state index contributed by atoms with van der Waals surface area (Å²) in [6.45, 7) is -2.14. The third-order valence-electron chi connectivity index (χ3n) is 8.33. The Morgan fingerprint density at radius 2 is 1.02 bits per heavy atom. The summed E-state index contributed by atoms with van der Waals surface area (Å²) >= 11 is 33.6. The predicted octanol–water partition coefficient (Wildman–Crippen LogP) is 5.68. The van der Waals surface area contributed by atoms with Crippen LogP contribution in [0.4, 0.5) is 0 Å². The van der Waals surface area contributed by atoms with E-state index in [2.05, 4.69) is 83.4 Å². The van der Waals surface area contributed by atoms with Crippen molar-refractivity contribution in [2.75, 3.05) is 32.5 Å². The zero-order valence-electron chi connectivity index (χ0n) is 29.0. The number of esters is 3. The molecule has 0 radical (unpaired) electrons. The molecular formula is C37H41Cl6N2O8P. The normalized spacial score (nSPS) is 11.9. The third-order valence-corrected chi connectivity index (χ3v) is 14.5. The van der Waals surface area contributed by atoms with Crippen molar-refractivity contribution in [2.45, 2.75) is 52.2 Å². The van der Waals surface area contributed by atoms with E-state index in [1.165, 1.54) is 15.9 Å². The topological polar surface area (TPSA) is 137 Å². The Kier molecular flexibility index (Phi) is 19.7. The summed E-state index contributed by atoms with van der Waals surface area (Å²) in [5.74, 6) is -4.18. The first-order valence-electron chi connectivity index (χ1n) is 16.9. The van der Waals surface area contributed by atoms with Crippen LogP contribution in [0.2, 0.25) is 0 Å². The number of benzene rings is 3. The zero-order chi connectivity index (χ0) is 39.6. The van der Waals surface area contributed by atoms with Crippen LogP contribution in [0.1, 0.15) is 32.1 Å². The quantitative estimate of drug-likeness (QED) is 0.0433. The third kappa shape index (κ3) is 14.4. The number of hydrogen-bond donors (Lipinski definition) is 2. The Morgan fingerprint density at radius 3 is 1.44 bits per heavy atom. The van der Waals surface area contributed by atoms with Crippen LogP contribution in [-0.4, -0.2) is 82.3 Å². The Hall–Kier alpha value is -2.82. The van der Waals surface area contributed by atoms with Gasteiger partial charge in [-0.2, -0.15) is 0 Å². The fourth-order valence-corrected chi connectivity index (χ4v) is 11.1. The van der Waals surface area contributed by atoms with Crippen molar-refractivity contribution in [1.82, 2.24) is 10.6 Å². The molecule has 0 aliphatic heterocycles. The van der Waals surface area contributed by atoms with Crippen LogP contribution in [-0.2, 0) is 38.2 Å². The molecule has 54 heavy (non-hydrogen) atoms. The second kappa shape index (κ2) is 23.3. The molecule has 0 spiro atoms. The van der Waals surface area contributed by atoms with E-state index < -0.39 is 76.9 Å². The van der Waals surface area contributed by atoms with E-state index in [-0.39, 0.29) is 19.4 Å². The number of amides is 2. The van der Waals surface area contributed by atoms with Gasteiger partial charge in [-0.1, -0.05) is 69.6 Å². The second-order valence-electron chi connectivity index (χ2n) is 12.2. The van der Waals surface area contributed by atoms with Crippen molar-refractivity contribution in [3.63, 3.8) is 0 Å². The van der Waals surface area contributed by atoms with E-state index in [0.717, 1.165) is 12.6 Å². The van der Waals surface area contributed by atoms with Crippen LogP contribution in [0.5, 0.6) is 0 Å². The van der Waals surface area contributed by atoms with Gasteiger partial charge in [0, 0.05) is 6.54 Å². The average Bonchev–Trinajstić information content (AvgIpc) is 3.17. The molecule has 294 valence electrons. The van der Waals surface area contributed by atoms with E-state index in [4.69, 9.17) is 83.8 Å². The van der Waals surface area contributed by atoms with Crippen molar-refractivity contribution >= 4 is 123 Å². The van der Waals surface area contributed by atoms with Crippen LogP contribution in [0.25, 0.3) is 0 Å². The molecule has 3 aromatic carbocycles. The minimum Gasteiger partial charge on any atom is -0.0925 e. The van der Waals surface area contributed by atoms with Gasteiger partial charge in [-0.05, 0) is 0 Å². The van der Waals surface area contributed by atoms with E-state index in [1.54, 1.807) is 0 Å². The molecule has 3 rings (SSSR count). The Balaban J connectivity index is 1.76. The summed E-state index contributed by atoms with van der Waals surface area (Å²) in [7, 11) is -2.47. The molecule has 0 atom stereocenters. The Morgan fingerprint density at radius 1 is 0.574 bits per heavy atom. The molecule has 0 heterocycles. The molecule has 0 saturated carbocycles. The number of nitrogens with one attached hydrogen (secondary N) is 2. The molecule has 0 aromatic heterocycles. The first kappa shape index (κ1) is 45.6. The molecule has 2 N–H and O–H groups in total. The van der Waals surface area contributed by atoms with Crippen molar-refractivity contribution in [3.8, 4) is 0 Å². The SMILES string of the molecule is O=C(CCCCC[PH](c1ccccc1)(c1ccccc1)c1ccccc1)NC(COC(=O)CCNC(=O)C(Cl)Cl)(COC(=O)C(Cl)Cl)COC(=O)C(Cl)Cl. The number of hydrogen-bond acceptors (Lipinski definition) is 8. The average molecular weight is 885 g/mol. The first-order chi connectivity index (χ1) is 25.8. The minimum atomic E-state index is -2.47. The van der Waals surface area contributed by atoms with Gasteiger partial charge in [0.1, 0.15) is 0 Å². The molecule has 0 aliphatic carbocycles. The molecule has 0 fully saturated rings. The van der Waals surface area contributed by atoms with Gasteiger partial charge in [-0.15, -0.1) is 0 Å². The minimum absolute atomic E-state index is 0.0273. The van der Waals surface area contributed by atoms with Gasteiger partial charge in [-0.25, -0.2) is 0 Å². The molecule has 0 unspecified atom stereocenters. The fraction of sp³-hybridized carbons (Fsp3) is 0.378. The molecule has 17 heteroatoms. The van der Waals surface area contributed by atoms with Gasteiger partial charge in [0.05, 0.1) is 0 Å². The number of rotatable bonds is 22. The van der Waals surface area contributed by atoms with Crippen LogP contribution < -0.4 is 26.5 Å². The molecule has 0 saturated heterocycles. The van der Waals surface area contributed by atoms with Crippen LogP contribution in [0, 0.1) is 0 Å². The van der Waals surface area contributed by atoms with Gasteiger partial charge in [0.25, 0.3) is 5.91 Å². The van der Waals surface area contributed by atoms with Gasteiger partial charge in [0.2, 0.25) is 0 Å². The van der Waals surface area contributed by atoms with Gasteiger partial charge in [0.15, 0.2) is 4.84 Å². The summed E-state index contributed by atoms with van der Waals surface area (Å²) in [6.07, 6.45) is 2.57. The van der Waals surface area contributed by atoms with Crippen molar-refractivity contribution in [2.24, 2.45) is 0 Å². The smallest absolute Gasteiger partial charge is 0.0925 e. The van der Waals surface area contributed by atoms with Crippen molar-refractivity contribution in [1.29, 1.82) is 0 Å². The van der Waals surface area contributed by atoms with E-state index >= 15 is 0 Å². The molecule has 3 aromatic rings. The summed E-state index contributed by atoms with van der Waals surface area (Å²) in [5.41, 5.74) is -1.81. The number of carbonyl (C=O) groups is 5. The molecular weight excluding hydrogens is 844 g/mol. The summed E-state index contributed by atoms with van der Waals surface area (Å²) in [4.78, 5) is 57.7. The van der Waals surface area contributed by atoms with Crippen molar-refractivity contribution in [3.05, 3.63) is 91.0 Å². The van der Waals surface area contributed by atoms with Gasteiger partial charge < -0.3 is 5.32 Å². The zero-order valence-corrected chi connectivity index (χ0v) is 34.5. The Bertz CT molecular complexity index is 1540. The van der Waals surface area contributed by atoms with E-state index in [0.29, 0.717) is 12.8 Å². The molecule has 2 amide bonds. The Labute approximate surface area is 345 Å². The van der Waals surface area contributed by atoms with Crippen LogP contribution in [0.15, 0.2) is 91.0 Å². The number of carbonyl (C=O) groups excluding carboxylic acids is 5. The monoisotopic (exact) mass is 882 g/mol. The fourth-order valence-electron chi connectivity index (χ4n) is 5.75. The number of ether oxygens (including phenoxy) is 3. The molecule has 0 aliphatic rings. The second-order valence-corrected chi connectivity index (χ2v) is 19.5. The van der Waals surface area contributed by atoms with Crippen molar-refractivity contribution < 1.29 is 38.2 Å². The molecule has 0 bridgehead atoms. The number of unbranched alkanes of at least 4 members (excludes halogenated alkanes) is 2. The predicted molar refractivity (Wildman–Crippen MR) is 218 cm³/mol. The standard InChI is InChI=1S/C37H41Cl6N2O8P/c38-31(39)34(48)44-21-20-30(47)51-23-37(24-52-35(49)32(40)41,25-53-36(50)33(42)43)45-29(46)19-11-4-12-22-54(26-13-5-1-6-14-26,27-15-7-2-8-16-27)28-17-9-3-10-18-28/h1-3,5-10,13-18,31-33,54H,4,11-12,19-25H2,(H,44,48)(H,45,46). The summed E-state index contributed by atoms with van der Waals surface area (Å²) in [6, 6.07) is 31.5. The van der Waals surface area contributed by atoms with E-state index in [1.807, 2.05) is 18.2 Å². The maximum atomic E-state index is 13.5. The summed E-state index contributed by atoms with van der Waals surface area (Å²) < 4.78 is 15.7. The van der Waals surface area contributed by atoms with E-state index in [9.17, 15) is 24.0 Å². The van der Waals surface area contributed by atoms with Gasteiger partial charge in [-0.3, -0.25) is 4.79 Å². The summed E-state index contributed by atoms with van der Waals surface area (Å²) in [5, 5.41) is 8.89. The number of halogens is 6.